The number of benzene rings is 1. The normalized spacial score (nSPS) is 11.2. The highest BCUT2D eigenvalue weighted by molar-refractivity contribution is 7.12. The molecule has 2 rings (SSSR count). The lowest BCUT2D eigenvalue weighted by Gasteiger charge is -2.13. The SMILES string of the molecule is COc1ccc(C(=O)[C@H](C)OC(=O)CNC(=O)CNC(=O)c2cccs2)cc1. The zero-order chi connectivity index (χ0) is 20.5. The molecule has 0 unspecified atom stereocenters. The summed E-state index contributed by atoms with van der Waals surface area (Å²) < 4.78 is 10.1. The topological polar surface area (TPSA) is 111 Å². The van der Waals surface area contributed by atoms with Gasteiger partial charge in [-0.1, -0.05) is 6.07 Å². The number of ketones is 1. The molecule has 0 aliphatic carbocycles. The summed E-state index contributed by atoms with van der Waals surface area (Å²) in [6.07, 6.45) is -1.00. The van der Waals surface area contributed by atoms with Gasteiger partial charge in [-0.05, 0) is 42.6 Å². The Hall–Kier alpha value is -3.20. The van der Waals surface area contributed by atoms with E-state index < -0.39 is 24.5 Å². The predicted molar refractivity (Wildman–Crippen MR) is 103 cm³/mol. The van der Waals surface area contributed by atoms with E-state index >= 15 is 0 Å². The lowest BCUT2D eigenvalue weighted by Crippen LogP contribution is -2.40. The van der Waals surface area contributed by atoms with Crippen LogP contribution in [0.1, 0.15) is 27.0 Å². The summed E-state index contributed by atoms with van der Waals surface area (Å²) >= 11 is 1.25. The van der Waals surface area contributed by atoms with Crippen molar-refractivity contribution in [2.45, 2.75) is 13.0 Å². The Balaban J connectivity index is 1.72. The van der Waals surface area contributed by atoms with E-state index in [0.717, 1.165) is 0 Å². The number of carbonyl (C=O) groups excluding carboxylic acids is 4. The van der Waals surface area contributed by atoms with Crippen molar-refractivity contribution in [2.75, 3.05) is 20.2 Å². The molecular weight excluding hydrogens is 384 g/mol. The quantitative estimate of drug-likeness (QED) is 0.483. The summed E-state index contributed by atoms with van der Waals surface area (Å²) in [4.78, 5) is 48.0. The Morgan fingerprint density at radius 1 is 1.04 bits per heavy atom. The average molecular weight is 404 g/mol. The van der Waals surface area contributed by atoms with Crippen LogP contribution in [0.2, 0.25) is 0 Å². The van der Waals surface area contributed by atoms with Crippen LogP contribution in [0.5, 0.6) is 5.75 Å². The average Bonchev–Trinajstić information content (AvgIpc) is 3.25. The van der Waals surface area contributed by atoms with Crippen LogP contribution in [0.25, 0.3) is 0 Å². The molecule has 1 heterocycles. The van der Waals surface area contributed by atoms with E-state index in [0.29, 0.717) is 16.2 Å². The molecule has 1 atom stereocenters. The summed E-state index contributed by atoms with van der Waals surface area (Å²) in [6, 6.07) is 9.77. The van der Waals surface area contributed by atoms with Gasteiger partial charge in [0, 0.05) is 5.56 Å². The maximum Gasteiger partial charge on any atom is 0.326 e. The van der Waals surface area contributed by atoms with E-state index in [-0.39, 0.29) is 18.2 Å². The van der Waals surface area contributed by atoms with Gasteiger partial charge in [-0.15, -0.1) is 11.3 Å². The number of nitrogens with one attached hydrogen (secondary N) is 2. The van der Waals surface area contributed by atoms with E-state index in [1.807, 2.05) is 0 Å². The Morgan fingerprint density at radius 2 is 1.75 bits per heavy atom. The van der Waals surface area contributed by atoms with Gasteiger partial charge in [-0.25, -0.2) is 0 Å². The zero-order valence-corrected chi connectivity index (χ0v) is 16.2. The molecule has 0 bridgehead atoms. The largest absolute Gasteiger partial charge is 0.497 e. The minimum atomic E-state index is -1.00. The van der Waals surface area contributed by atoms with Crippen LogP contribution >= 0.6 is 11.3 Å². The van der Waals surface area contributed by atoms with Crippen LogP contribution < -0.4 is 15.4 Å². The molecule has 0 radical (unpaired) electrons. The van der Waals surface area contributed by atoms with Gasteiger partial charge in [-0.2, -0.15) is 0 Å². The number of rotatable bonds is 9. The first-order valence-corrected chi connectivity index (χ1v) is 9.25. The van der Waals surface area contributed by atoms with Gasteiger partial charge in [0.2, 0.25) is 11.7 Å². The maximum atomic E-state index is 12.3. The molecule has 0 spiro atoms. The lowest BCUT2D eigenvalue weighted by atomic mass is 10.1. The highest BCUT2D eigenvalue weighted by atomic mass is 32.1. The molecule has 8 nitrogen and oxygen atoms in total. The molecule has 0 aliphatic heterocycles. The zero-order valence-electron chi connectivity index (χ0n) is 15.4. The number of carbonyl (C=O) groups is 4. The van der Waals surface area contributed by atoms with Crippen LogP contribution in [-0.4, -0.2) is 49.9 Å². The molecule has 148 valence electrons. The molecule has 0 saturated heterocycles. The van der Waals surface area contributed by atoms with Crippen LogP contribution in [0, 0.1) is 0 Å². The second-order valence-electron chi connectivity index (χ2n) is 5.66. The minimum Gasteiger partial charge on any atom is -0.497 e. The second-order valence-corrected chi connectivity index (χ2v) is 6.61. The van der Waals surface area contributed by atoms with Gasteiger partial charge in [0.1, 0.15) is 12.3 Å². The first-order valence-electron chi connectivity index (χ1n) is 8.37. The van der Waals surface area contributed by atoms with E-state index in [9.17, 15) is 19.2 Å². The van der Waals surface area contributed by atoms with Gasteiger partial charge < -0.3 is 20.1 Å². The van der Waals surface area contributed by atoms with Crippen LogP contribution in [0.15, 0.2) is 41.8 Å². The van der Waals surface area contributed by atoms with E-state index in [1.54, 1.807) is 41.8 Å². The summed E-state index contributed by atoms with van der Waals surface area (Å²) in [6.45, 7) is 0.770. The first-order chi connectivity index (χ1) is 13.4. The van der Waals surface area contributed by atoms with Crippen LogP contribution in [0.3, 0.4) is 0 Å². The van der Waals surface area contributed by atoms with Gasteiger partial charge in [0.15, 0.2) is 6.10 Å². The van der Waals surface area contributed by atoms with Crippen molar-refractivity contribution in [3.63, 3.8) is 0 Å². The van der Waals surface area contributed by atoms with Crippen molar-refractivity contribution in [2.24, 2.45) is 0 Å². The maximum absolute atomic E-state index is 12.3. The molecule has 2 amide bonds. The third-order valence-electron chi connectivity index (χ3n) is 3.64. The van der Waals surface area contributed by atoms with Crippen molar-refractivity contribution in [3.05, 3.63) is 52.2 Å². The fourth-order valence-corrected chi connectivity index (χ4v) is 2.81. The Labute approximate surface area is 165 Å². The fourth-order valence-electron chi connectivity index (χ4n) is 2.17. The third-order valence-corrected chi connectivity index (χ3v) is 4.50. The number of methoxy groups -OCH3 is 1. The molecule has 1 aromatic carbocycles. The fraction of sp³-hybridized carbons (Fsp3) is 0.263. The standard InChI is InChI=1S/C19H20N2O6S/c1-12(18(24)13-5-7-14(26-2)8-6-13)27-17(23)11-20-16(22)10-21-19(25)15-4-3-9-28-15/h3-9,12H,10-11H2,1-2H3,(H,20,22)(H,21,25)/t12-/m0/s1. The smallest absolute Gasteiger partial charge is 0.326 e. The Kier molecular flexibility index (Phi) is 7.70. The number of Topliss-reactive ketones (excluding diaryl/α,β-unsaturated/α-hetero) is 1. The Morgan fingerprint density at radius 3 is 2.36 bits per heavy atom. The van der Waals surface area contributed by atoms with Gasteiger partial charge in [-0.3, -0.25) is 19.2 Å². The molecule has 0 saturated carbocycles. The molecule has 28 heavy (non-hydrogen) atoms. The van der Waals surface area contributed by atoms with E-state index in [4.69, 9.17) is 9.47 Å². The molecular formula is C19H20N2O6S. The molecule has 2 N–H and O–H groups in total. The number of thiophene rings is 1. The molecule has 0 aliphatic rings. The molecule has 9 heteroatoms. The van der Waals surface area contributed by atoms with Crippen molar-refractivity contribution in [1.82, 2.24) is 10.6 Å². The summed E-state index contributed by atoms with van der Waals surface area (Å²) in [5, 5.41) is 6.52. The monoisotopic (exact) mass is 404 g/mol. The van der Waals surface area contributed by atoms with Gasteiger partial charge >= 0.3 is 5.97 Å². The number of hydrogen-bond donors (Lipinski definition) is 2. The van der Waals surface area contributed by atoms with Crippen LogP contribution in [-0.2, 0) is 14.3 Å². The predicted octanol–water partition coefficient (Wildman–Crippen LogP) is 1.42. The van der Waals surface area contributed by atoms with Gasteiger partial charge in [0.25, 0.3) is 5.91 Å². The van der Waals surface area contributed by atoms with Crippen molar-refractivity contribution >= 4 is 34.9 Å². The summed E-state index contributed by atoms with van der Waals surface area (Å²) in [5.41, 5.74) is 0.376. The van der Waals surface area contributed by atoms with E-state index in [1.165, 1.54) is 25.4 Å². The number of esters is 1. The molecule has 1 aromatic heterocycles. The second kappa shape index (κ2) is 10.2. The number of hydrogen-bond acceptors (Lipinski definition) is 7. The third kappa shape index (κ3) is 6.20. The van der Waals surface area contributed by atoms with Crippen molar-refractivity contribution < 1.29 is 28.7 Å². The Bertz CT molecular complexity index is 833. The lowest BCUT2D eigenvalue weighted by molar-refractivity contribution is -0.146. The molecule has 0 fully saturated rings. The number of ether oxygens (including phenoxy) is 2. The van der Waals surface area contributed by atoms with E-state index in [2.05, 4.69) is 10.6 Å². The number of amides is 2. The molecule has 2 aromatic rings. The van der Waals surface area contributed by atoms with Gasteiger partial charge in [0.05, 0.1) is 18.5 Å². The summed E-state index contributed by atoms with van der Waals surface area (Å²) in [5.74, 6) is -1.43. The van der Waals surface area contributed by atoms with Crippen LogP contribution in [0.4, 0.5) is 0 Å². The van der Waals surface area contributed by atoms with Crippen molar-refractivity contribution in [3.8, 4) is 5.75 Å². The highest BCUT2D eigenvalue weighted by Crippen LogP contribution is 2.13. The minimum absolute atomic E-state index is 0.273. The first kappa shape index (κ1) is 21.1. The highest BCUT2D eigenvalue weighted by Gasteiger charge is 2.20. The summed E-state index contributed by atoms with van der Waals surface area (Å²) in [7, 11) is 1.52. The van der Waals surface area contributed by atoms with Crippen molar-refractivity contribution in [1.29, 1.82) is 0 Å².